The molecule has 0 aromatic carbocycles. The van der Waals surface area contributed by atoms with Gasteiger partial charge in [-0.3, -0.25) is 0 Å². The Morgan fingerprint density at radius 3 is 2.29 bits per heavy atom. The number of amides is 2. The number of aliphatic carboxylic acids is 1. The summed E-state index contributed by atoms with van der Waals surface area (Å²) in [6, 6.07) is -1.07. The van der Waals surface area contributed by atoms with E-state index in [9.17, 15) is 22.8 Å². The highest BCUT2D eigenvalue weighted by molar-refractivity contribution is 5.86. The minimum Gasteiger partial charge on any atom is -0.479 e. The van der Waals surface area contributed by atoms with Crippen LogP contribution < -0.4 is 5.32 Å². The predicted octanol–water partition coefficient (Wildman–Crippen LogP) is 1.46. The Morgan fingerprint density at radius 1 is 1.33 bits per heavy atom. The topological polar surface area (TPSA) is 78.9 Å². The van der Waals surface area contributed by atoms with Crippen molar-refractivity contribution in [2.45, 2.75) is 31.5 Å². The van der Waals surface area contributed by atoms with Gasteiger partial charge in [-0.1, -0.05) is 0 Å². The van der Waals surface area contributed by atoms with Gasteiger partial charge in [0.1, 0.15) is 0 Å². The fourth-order valence-corrected chi connectivity index (χ4v) is 1.95. The number of carbonyl (C=O) groups is 2. The summed E-state index contributed by atoms with van der Waals surface area (Å²) >= 11 is 0. The molecular formula is C12H19F3N2O4. The van der Waals surface area contributed by atoms with Gasteiger partial charge in [0.2, 0.25) is 5.54 Å². The van der Waals surface area contributed by atoms with Crippen LogP contribution in [-0.4, -0.2) is 60.5 Å². The van der Waals surface area contributed by atoms with E-state index in [0.717, 1.165) is 4.90 Å². The molecular weight excluding hydrogens is 293 g/mol. The number of carboxylic acid groups (broad SMARTS) is 1. The normalized spacial score (nSPS) is 19.7. The van der Waals surface area contributed by atoms with Gasteiger partial charge in [-0.05, 0) is 25.7 Å². The molecule has 1 heterocycles. The van der Waals surface area contributed by atoms with Crippen LogP contribution in [0.15, 0.2) is 0 Å². The van der Waals surface area contributed by atoms with E-state index in [0.29, 0.717) is 33.0 Å². The second-order valence-electron chi connectivity index (χ2n) is 5.29. The van der Waals surface area contributed by atoms with E-state index in [2.05, 4.69) is 0 Å². The maximum absolute atomic E-state index is 12.8. The Morgan fingerprint density at radius 2 is 1.86 bits per heavy atom. The number of carbonyl (C=O) groups excluding carboxylic acids is 1. The van der Waals surface area contributed by atoms with E-state index in [1.807, 2.05) is 0 Å². The minimum absolute atomic E-state index is 0.136. The lowest BCUT2D eigenvalue weighted by Crippen LogP contribution is -2.63. The van der Waals surface area contributed by atoms with Gasteiger partial charge in [0.25, 0.3) is 0 Å². The average molecular weight is 312 g/mol. The summed E-state index contributed by atoms with van der Waals surface area (Å²) in [6.07, 6.45) is -3.66. The van der Waals surface area contributed by atoms with Crippen LogP contribution in [0.3, 0.4) is 0 Å². The van der Waals surface area contributed by atoms with Gasteiger partial charge in [-0.25, -0.2) is 9.59 Å². The molecule has 1 aliphatic rings. The van der Waals surface area contributed by atoms with Crippen molar-refractivity contribution in [3.63, 3.8) is 0 Å². The summed E-state index contributed by atoms with van der Waals surface area (Å²) in [5.74, 6) is -2.01. The summed E-state index contributed by atoms with van der Waals surface area (Å²) in [4.78, 5) is 23.7. The van der Waals surface area contributed by atoms with Crippen LogP contribution in [0.2, 0.25) is 0 Å². The summed E-state index contributed by atoms with van der Waals surface area (Å²) in [6.45, 7) is 1.78. The molecule has 9 heteroatoms. The monoisotopic (exact) mass is 312 g/mol. The van der Waals surface area contributed by atoms with Crippen molar-refractivity contribution in [3.8, 4) is 0 Å². The lowest BCUT2D eigenvalue weighted by molar-refractivity contribution is -0.203. The van der Waals surface area contributed by atoms with Crippen LogP contribution >= 0.6 is 0 Å². The molecule has 0 aliphatic carbocycles. The molecule has 0 saturated carbocycles. The van der Waals surface area contributed by atoms with Crippen LogP contribution in [0.5, 0.6) is 0 Å². The smallest absolute Gasteiger partial charge is 0.422 e. The standard InChI is InChI=1S/C12H19F3N2O4/c1-11(9(18)19,12(13,14)15)16-10(20)17(2)7-8-3-5-21-6-4-8/h8H,3-7H2,1-2H3,(H,16,20)(H,18,19). The Hall–Kier alpha value is -1.51. The molecule has 0 aromatic heterocycles. The molecule has 6 nitrogen and oxygen atoms in total. The largest absolute Gasteiger partial charge is 0.479 e. The molecule has 1 saturated heterocycles. The number of nitrogens with one attached hydrogen (secondary N) is 1. The van der Waals surface area contributed by atoms with E-state index < -0.39 is 23.7 Å². The molecule has 1 atom stereocenters. The number of urea groups is 1. The van der Waals surface area contributed by atoms with Gasteiger partial charge in [0.05, 0.1) is 0 Å². The molecule has 0 radical (unpaired) electrons. The van der Waals surface area contributed by atoms with E-state index in [4.69, 9.17) is 9.84 Å². The summed E-state index contributed by atoms with van der Waals surface area (Å²) in [7, 11) is 1.34. The molecule has 21 heavy (non-hydrogen) atoms. The summed E-state index contributed by atoms with van der Waals surface area (Å²) in [5.41, 5.74) is -3.31. The fourth-order valence-electron chi connectivity index (χ4n) is 1.95. The number of halogens is 3. The van der Waals surface area contributed by atoms with Crippen molar-refractivity contribution >= 4 is 12.0 Å². The molecule has 2 amide bonds. The first-order chi connectivity index (χ1) is 9.58. The molecule has 1 fully saturated rings. The van der Waals surface area contributed by atoms with Crippen LogP contribution in [0.1, 0.15) is 19.8 Å². The molecule has 0 bridgehead atoms. The summed E-state index contributed by atoms with van der Waals surface area (Å²) < 4.78 is 43.6. The lowest BCUT2D eigenvalue weighted by Gasteiger charge is -2.32. The van der Waals surface area contributed by atoms with E-state index in [1.165, 1.54) is 7.05 Å². The van der Waals surface area contributed by atoms with Crippen molar-refractivity contribution in [2.75, 3.05) is 26.8 Å². The maximum Gasteiger partial charge on any atom is 0.422 e. The van der Waals surface area contributed by atoms with Gasteiger partial charge in [-0.2, -0.15) is 13.2 Å². The summed E-state index contributed by atoms with van der Waals surface area (Å²) in [5, 5.41) is 10.3. The van der Waals surface area contributed by atoms with Gasteiger partial charge < -0.3 is 20.1 Å². The van der Waals surface area contributed by atoms with Gasteiger partial charge in [-0.15, -0.1) is 0 Å². The number of carboxylic acids is 1. The van der Waals surface area contributed by atoms with E-state index >= 15 is 0 Å². The van der Waals surface area contributed by atoms with Gasteiger partial charge in [0, 0.05) is 26.8 Å². The fraction of sp³-hybridized carbons (Fsp3) is 0.833. The Labute approximate surface area is 120 Å². The number of alkyl halides is 3. The third-order valence-corrected chi connectivity index (χ3v) is 3.57. The van der Waals surface area contributed by atoms with Crippen molar-refractivity contribution < 1.29 is 32.6 Å². The SMILES string of the molecule is CN(CC1CCOCC1)C(=O)NC(C)(C(=O)O)C(F)(F)F. The molecule has 1 aliphatic heterocycles. The maximum atomic E-state index is 12.8. The third kappa shape index (κ3) is 4.23. The number of hydrogen-bond donors (Lipinski definition) is 2. The number of hydrogen-bond acceptors (Lipinski definition) is 3. The molecule has 2 N–H and O–H groups in total. The highest BCUT2D eigenvalue weighted by atomic mass is 19.4. The number of ether oxygens (including phenoxy) is 1. The molecule has 1 unspecified atom stereocenters. The van der Waals surface area contributed by atoms with E-state index in [1.54, 1.807) is 5.32 Å². The van der Waals surface area contributed by atoms with Crippen LogP contribution in [0, 0.1) is 5.92 Å². The minimum atomic E-state index is -5.09. The van der Waals surface area contributed by atoms with Crippen LogP contribution in [-0.2, 0) is 9.53 Å². The second-order valence-corrected chi connectivity index (χ2v) is 5.29. The molecule has 1 rings (SSSR count). The average Bonchev–Trinajstić information content (AvgIpc) is 2.38. The zero-order valence-electron chi connectivity index (χ0n) is 11.9. The van der Waals surface area contributed by atoms with Crippen molar-refractivity contribution in [3.05, 3.63) is 0 Å². The highest BCUT2D eigenvalue weighted by Crippen LogP contribution is 2.30. The molecule has 122 valence electrons. The van der Waals surface area contributed by atoms with E-state index in [-0.39, 0.29) is 12.5 Å². The first-order valence-corrected chi connectivity index (χ1v) is 6.49. The predicted molar refractivity (Wildman–Crippen MR) is 66.8 cm³/mol. The van der Waals surface area contributed by atoms with Crippen molar-refractivity contribution in [1.82, 2.24) is 10.2 Å². The second kappa shape index (κ2) is 6.50. The first-order valence-electron chi connectivity index (χ1n) is 6.49. The molecule has 0 aromatic rings. The van der Waals surface area contributed by atoms with Crippen molar-refractivity contribution in [2.24, 2.45) is 5.92 Å². The van der Waals surface area contributed by atoms with Crippen LogP contribution in [0.25, 0.3) is 0 Å². The first kappa shape index (κ1) is 17.5. The van der Waals surface area contributed by atoms with Gasteiger partial charge >= 0.3 is 18.2 Å². The third-order valence-electron chi connectivity index (χ3n) is 3.57. The Balaban J connectivity index is 2.66. The van der Waals surface area contributed by atoms with Crippen LogP contribution in [0.4, 0.5) is 18.0 Å². The molecule has 0 spiro atoms. The number of rotatable bonds is 4. The zero-order chi connectivity index (χ0) is 16.3. The Kier molecular flexibility index (Phi) is 5.43. The van der Waals surface area contributed by atoms with Gasteiger partial charge in [0.15, 0.2) is 0 Å². The zero-order valence-corrected chi connectivity index (χ0v) is 11.9. The lowest BCUT2D eigenvalue weighted by atomic mass is 10.00. The quantitative estimate of drug-likeness (QED) is 0.824. The Bertz CT molecular complexity index is 396. The highest BCUT2D eigenvalue weighted by Gasteiger charge is 2.58. The number of nitrogens with zero attached hydrogens (tertiary/aromatic N) is 1. The van der Waals surface area contributed by atoms with Crippen molar-refractivity contribution in [1.29, 1.82) is 0 Å².